The third kappa shape index (κ3) is 26.8. The molecular weight excluding hydrogens is 527 g/mol. The number of thioether (sulfide) groups is 1. The first kappa shape index (κ1) is 34.7. The molecule has 32 heavy (non-hydrogen) atoms. The van der Waals surface area contributed by atoms with Gasteiger partial charge in [-0.25, -0.2) is 0 Å². The molecule has 0 saturated carbocycles. The SMILES string of the molecule is CCCCCCCCCCCCCCCCCCSC(C)C(=O)NCCC[N+](C)(C)C.[I-]. The minimum atomic E-state index is 0. The number of amides is 1. The number of hydrogen-bond acceptors (Lipinski definition) is 2. The van der Waals surface area contributed by atoms with Crippen molar-refractivity contribution in [2.75, 3.05) is 40.0 Å². The maximum Gasteiger partial charge on any atom is 0.232 e. The van der Waals surface area contributed by atoms with Crippen molar-refractivity contribution in [3.05, 3.63) is 0 Å². The quantitative estimate of drug-likeness (QED) is 0.108. The number of halogens is 1. The highest BCUT2D eigenvalue weighted by molar-refractivity contribution is 8.00. The number of rotatable bonds is 23. The summed E-state index contributed by atoms with van der Waals surface area (Å²) < 4.78 is 0.958. The smallest absolute Gasteiger partial charge is 0.232 e. The standard InChI is InChI=1S/C27H56N2OS.HI/c1-6-7-8-9-10-11-12-13-14-15-16-17-18-19-20-21-25-31-26(2)27(30)28-23-22-24-29(3,4)5;/h26H,6-25H2,1-5H3;1H. The first-order valence-corrected chi connectivity index (χ1v) is 14.6. The molecule has 0 rings (SSSR count). The Morgan fingerprint density at radius 1 is 0.719 bits per heavy atom. The third-order valence-electron chi connectivity index (χ3n) is 6.04. The topological polar surface area (TPSA) is 29.1 Å². The molecule has 0 radical (unpaired) electrons. The van der Waals surface area contributed by atoms with Gasteiger partial charge in [0.15, 0.2) is 0 Å². The Morgan fingerprint density at radius 3 is 1.53 bits per heavy atom. The lowest BCUT2D eigenvalue weighted by atomic mass is 10.0. The second-order valence-electron chi connectivity index (χ2n) is 10.5. The molecule has 0 aliphatic rings. The van der Waals surface area contributed by atoms with Crippen LogP contribution in [0.4, 0.5) is 0 Å². The number of quaternary nitrogens is 1. The molecule has 0 aliphatic carbocycles. The number of hydrogen-bond donors (Lipinski definition) is 1. The first-order chi connectivity index (χ1) is 14.9. The lowest BCUT2D eigenvalue weighted by molar-refractivity contribution is -0.870. The van der Waals surface area contributed by atoms with Crippen LogP contribution in [0.15, 0.2) is 0 Å². The molecule has 1 atom stereocenters. The minimum absolute atomic E-state index is 0. The van der Waals surface area contributed by atoms with Crippen molar-refractivity contribution < 1.29 is 33.3 Å². The maximum atomic E-state index is 12.1. The van der Waals surface area contributed by atoms with Gasteiger partial charge in [-0.15, -0.1) is 11.8 Å². The van der Waals surface area contributed by atoms with Gasteiger partial charge in [-0.2, -0.15) is 0 Å². The lowest BCUT2D eigenvalue weighted by Crippen LogP contribution is -3.00. The van der Waals surface area contributed by atoms with Crippen LogP contribution in [0.2, 0.25) is 0 Å². The molecule has 1 amide bonds. The largest absolute Gasteiger partial charge is 1.00 e. The molecule has 5 heteroatoms. The lowest BCUT2D eigenvalue weighted by Gasteiger charge is -2.23. The van der Waals surface area contributed by atoms with Crippen LogP contribution in [0.5, 0.6) is 0 Å². The highest BCUT2D eigenvalue weighted by Gasteiger charge is 2.13. The number of nitrogens with zero attached hydrogens (tertiary/aromatic N) is 1. The summed E-state index contributed by atoms with van der Waals surface area (Å²) in [5, 5.41) is 3.18. The molecule has 3 nitrogen and oxygen atoms in total. The zero-order valence-corrected chi connectivity index (χ0v) is 25.3. The Labute approximate surface area is 223 Å². The summed E-state index contributed by atoms with van der Waals surface area (Å²) in [5.74, 6) is 1.33. The summed E-state index contributed by atoms with van der Waals surface area (Å²) in [6.07, 6.45) is 23.6. The molecule has 1 unspecified atom stereocenters. The predicted octanol–water partition coefficient (Wildman–Crippen LogP) is 4.59. The number of nitrogens with one attached hydrogen (secondary N) is 1. The molecule has 0 aromatic heterocycles. The molecule has 1 N–H and O–H groups in total. The van der Waals surface area contributed by atoms with E-state index in [1.165, 1.54) is 103 Å². The van der Waals surface area contributed by atoms with Gasteiger partial charge < -0.3 is 33.8 Å². The summed E-state index contributed by atoms with van der Waals surface area (Å²) in [4.78, 5) is 12.1. The van der Waals surface area contributed by atoms with E-state index < -0.39 is 0 Å². The zero-order chi connectivity index (χ0) is 23.2. The van der Waals surface area contributed by atoms with E-state index in [1.54, 1.807) is 0 Å². The highest BCUT2D eigenvalue weighted by atomic mass is 127. The second-order valence-corrected chi connectivity index (χ2v) is 11.9. The first-order valence-electron chi connectivity index (χ1n) is 13.6. The third-order valence-corrected chi connectivity index (χ3v) is 7.28. The normalized spacial score (nSPS) is 12.4. The summed E-state index contributed by atoms with van der Waals surface area (Å²) in [7, 11) is 6.58. The Balaban J connectivity index is 0. The van der Waals surface area contributed by atoms with Gasteiger partial charge in [0.25, 0.3) is 0 Å². The minimum Gasteiger partial charge on any atom is -1.00 e. The van der Waals surface area contributed by atoms with E-state index in [2.05, 4.69) is 33.4 Å². The summed E-state index contributed by atoms with van der Waals surface area (Å²) in [6.45, 7) is 6.24. The Bertz CT molecular complexity index is 402. The Kier molecular flexibility index (Phi) is 26.7. The van der Waals surface area contributed by atoms with Crippen molar-refractivity contribution in [2.24, 2.45) is 0 Å². The van der Waals surface area contributed by atoms with Gasteiger partial charge in [-0.1, -0.05) is 103 Å². The molecule has 0 spiro atoms. The highest BCUT2D eigenvalue weighted by Crippen LogP contribution is 2.16. The van der Waals surface area contributed by atoms with Gasteiger partial charge in [0.1, 0.15) is 0 Å². The van der Waals surface area contributed by atoms with E-state index >= 15 is 0 Å². The van der Waals surface area contributed by atoms with Gasteiger partial charge in [0.05, 0.1) is 32.9 Å². The summed E-state index contributed by atoms with van der Waals surface area (Å²) in [6, 6.07) is 0. The molecule has 0 aliphatic heterocycles. The van der Waals surface area contributed by atoms with Crippen LogP contribution >= 0.6 is 11.8 Å². The van der Waals surface area contributed by atoms with Crippen molar-refractivity contribution in [1.82, 2.24) is 5.32 Å². The van der Waals surface area contributed by atoms with Crippen molar-refractivity contribution in [3.8, 4) is 0 Å². The fourth-order valence-corrected chi connectivity index (χ4v) is 4.85. The molecule has 0 bridgehead atoms. The van der Waals surface area contributed by atoms with E-state index in [9.17, 15) is 4.79 Å². The monoisotopic (exact) mass is 584 g/mol. The number of unbranched alkanes of at least 4 members (excludes halogenated alkanes) is 15. The van der Waals surface area contributed by atoms with Gasteiger partial charge in [0.2, 0.25) is 5.91 Å². The average Bonchev–Trinajstić information content (AvgIpc) is 2.72. The molecule has 0 aromatic carbocycles. The molecular formula is C27H57IN2OS. The fourth-order valence-electron chi connectivity index (χ4n) is 3.89. The fraction of sp³-hybridized carbons (Fsp3) is 0.963. The summed E-state index contributed by atoms with van der Waals surface area (Å²) in [5.41, 5.74) is 0. The van der Waals surface area contributed by atoms with Crippen molar-refractivity contribution in [3.63, 3.8) is 0 Å². The van der Waals surface area contributed by atoms with Crippen LogP contribution in [-0.2, 0) is 4.79 Å². The van der Waals surface area contributed by atoms with Gasteiger partial charge in [0, 0.05) is 13.0 Å². The molecule has 0 saturated heterocycles. The van der Waals surface area contributed by atoms with Gasteiger partial charge in [-0.3, -0.25) is 4.79 Å². The van der Waals surface area contributed by atoms with Crippen LogP contribution in [-0.4, -0.2) is 55.6 Å². The average molecular weight is 585 g/mol. The van der Waals surface area contributed by atoms with E-state index in [1.807, 2.05) is 18.7 Å². The molecule has 0 fully saturated rings. The van der Waals surface area contributed by atoms with Gasteiger partial charge >= 0.3 is 0 Å². The van der Waals surface area contributed by atoms with Crippen LogP contribution in [0, 0.1) is 0 Å². The molecule has 0 aromatic rings. The van der Waals surface area contributed by atoms with Crippen molar-refractivity contribution in [1.29, 1.82) is 0 Å². The van der Waals surface area contributed by atoms with Crippen LogP contribution in [0.3, 0.4) is 0 Å². The zero-order valence-electron chi connectivity index (χ0n) is 22.4. The van der Waals surface area contributed by atoms with Crippen molar-refractivity contribution >= 4 is 17.7 Å². The van der Waals surface area contributed by atoms with E-state index in [4.69, 9.17) is 0 Å². The summed E-state index contributed by atoms with van der Waals surface area (Å²) >= 11 is 1.82. The Morgan fingerprint density at radius 2 is 1.12 bits per heavy atom. The van der Waals surface area contributed by atoms with E-state index in [0.717, 1.165) is 29.7 Å². The molecule has 194 valence electrons. The Hall–Kier alpha value is 0.510. The van der Waals surface area contributed by atoms with Crippen LogP contribution < -0.4 is 29.3 Å². The van der Waals surface area contributed by atoms with Crippen LogP contribution in [0.25, 0.3) is 0 Å². The van der Waals surface area contributed by atoms with E-state index in [-0.39, 0.29) is 35.1 Å². The predicted molar refractivity (Wildman–Crippen MR) is 142 cm³/mol. The maximum absolute atomic E-state index is 12.1. The van der Waals surface area contributed by atoms with Gasteiger partial charge in [-0.05, 0) is 19.1 Å². The van der Waals surface area contributed by atoms with Crippen LogP contribution in [0.1, 0.15) is 123 Å². The number of carbonyl (C=O) groups excluding carboxylic acids is 1. The number of carbonyl (C=O) groups is 1. The van der Waals surface area contributed by atoms with E-state index in [0.29, 0.717) is 0 Å². The molecule has 0 heterocycles. The second kappa shape index (κ2) is 24.6. The van der Waals surface area contributed by atoms with Crippen molar-refractivity contribution in [2.45, 2.75) is 128 Å².